The van der Waals surface area contributed by atoms with E-state index in [1.54, 1.807) is 30.3 Å². The van der Waals surface area contributed by atoms with E-state index in [2.05, 4.69) is 15.9 Å². The summed E-state index contributed by atoms with van der Waals surface area (Å²) >= 11 is 11.5. The van der Waals surface area contributed by atoms with E-state index in [-0.39, 0.29) is 24.7 Å². The Kier molecular flexibility index (Phi) is 4.61. The molecule has 0 saturated carbocycles. The summed E-state index contributed by atoms with van der Waals surface area (Å²) in [5, 5.41) is 20.8. The lowest BCUT2D eigenvalue weighted by atomic mass is 9.85. The van der Waals surface area contributed by atoms with E-state index in [9.17, 15) is 15.0 Å². The fourth-order valence-electron chi connectivity index (χ4n) is 2.59. The molecule has 1 amide bonds. The number of likely N-dealkylation sites (tertiary alicyclic amines) is 1. The Labute approximate surface area is 160 Å². The molecule has 3 rings (SSSR count). The summed E-state index contributed by atoms with van der Waals surface area (Å²) in [7, 11) is 0. The van der Waals surface area contributed by atoms with Crippen LogP contribution >= 0.6 is 50.1 Å². The molecule has 1 aliphatic heterocycles. The molecule has 0 aliphatic carbocycles. The standard InChI is InChI=1S/C16H12BrClINO3/c17-10-2-3-11(12(18)6-10)16(23)7-20(8-16)15(22)9-1-4-13(19)14(21)5-9/h1-6,21,23H,7-8H2. The molecule has 0 bridgehead atoms. The summed E-state index contributed by atoms with van der Waals surface area (Å²) < 4.78 is 1.51. The number of phenolic OH excluding ortho intramolecular Hbond substituents is 1. The molecule has 7 heteroatoms. The van der Waals surface area contributed by atoms with Gasteiger partial charge in [0.15, 0.2) is 0 Å². The number of hydrogen-bond donors (Lipinski definition) is 2. The molecule has 0 spiro atoms. The molecule has 0 unspecified atom stereocenters. The molecular formula is C16H12BrClINO3. The molecule has 4 nitrogen and oxygen atoms in total. The lowest BCUT2D eigenvalue weighted by molar-refractivity contribution is -0.0862. The summed E-state index contributed by atoms with van der Waals surface area (Å²) in [6.07, 6.45) is 0. The summed E-state index contributed by atoms with van der Waals surface area (Å²) in [4.78, 5) is 13.9. The van der Waals surface area contributed by atoms with Crippen molar-refractivity contribution >= 4 is 56.0 Å². The van der Waals surface area contributed by atoms with Crippen LogP contribution in [0.1, 0.15) is 15.9 Å². The zero-order valence-corrected chi connectivity index (χ0v) is 16.3. The molecule has 0 radical (unpaired) electrons. The molecule has 120 valence electrons. The zero-order valence-electron chi connectivity index (χ0n) is 11.8. The van der Waals surface area contributed by atoms with Crippen molar-refractivity contribution in [2.75, 3.05) is 13.1 Å². The van der Waals surface area contributed by atoms with Crippen LogP contribution in [0.2, 0.25) is 5.02 Å². The van der Waals surface area contributed by atoms with Gasteiger partial charge in [-0.25, -0.2) is 0 Å². The largest absolute Gasteiger partial charge is 0.507 e. The van der Waals surface area contributed by atoms with Gasteiger partial charge in [0.05, 0.1) is 16.7 Å². The average Bonchev–Trinajstić information content (AvgIpc) is 2.46. The molecular weight excluding hydrogens is 496 g/mol. The number of phenols is 1. The summed E-state index contributed by atoms with van der Waals surface area (Å²) in [6.45, 7) is 0.333. The minimum atomic E-state index is -1.14. The predicted octanol–water partition coefficient (Wildman–Crippen LogP) is 3.76. The molecule has 1 saturated heterocycles. The smallest absolute Gasteiger partial charge is 0.254 e. The van der Waals surface area contributed by atoms with Crippen molar-refractivity contribution in [2.45, 2.75) is 5.60 Å². The number of carbonyl (C=O) groups is 1. The highest BCUT2D eigenvalue weighted by Crippen LogP contribution is 2.38. The van der Waals surface area contributed by atoms with Crippen molar-refractivity contribution in [1.82, 2.24) is 4.90 Å². The Balaban J connectivity index is 1.77. The Hall–Kier alpha value is -0.830. The zero-order chi connectivity index (χ0) is 16.8. The number of aliphatic hydroxyl groups is 1. The number of benzene rings is 2. The first-order valence-corrected chi connectivity index (χ1v) is 9.01. The third-order valence-corrected chi connectivity index (χ3v) is 5.54. The van der Waals surface area contributed by atoms with Crippen molar-refractivity contribution < 1.29 is 15.0 Å². The summed E-state index contributed by atoms with van der Waals surface area (Å²) in [5.74, 6) is -0.155. The number of carbonyl (C=O) groups excluding carboxylic acids is 1. The van der Waals surface area contributed by atoms with E-state index in [1.807, 2.05) is 22.6 Å². The molecule has 23 heavy (non-hydrogen) atoms. The number of halogens is 3. The lowest BCUT2D eigenvalue weighted by Gasteiger charge is -2.47. The van der Waals surface area contributed by atoms with Crippen LogP contribution in [0, 0.1) is 3.57 Å². The van der Waals surface area contributed by atoms with Crippen LogP contribution < -0.4 is 0 Å². The van der Waals surface area contributed by atoms with Gasteiger partial charge in [0, 0.05) is 20.6 Å². The van der Waals surface area contributed by atoms with Gasteiger partial charge in [-0.3, -0.25) is 4.79 Å². The number of hydrogen-bond acceptors (Lipinski definition) is 3. The Bertz CT molecular complexity index is 793. The van der Waals surface area contributed by atoms with Crippen molar-refractivity contribution in [1.29, 1.82) is 0 Å². The van der Waals surface area contributed by atoms with Crippen LogP contribution in [-0.2, 0) is 5.60 Å². The SMILES string of the molecule is O=C(c1ccc(I)c(O)c1)N1CC(O)(c2ccc(Br)cc2Cl)C1. The monoisotopic (exact) mass is 507 g/mol. The van der Waals surface area contributed by atoms with E-state index in [1.165, 1.54) is 11.0 Å². The average molecular weight is 509 g/mol. The second kappa shape index (κ2) is 6.23. The maximum Gasteiger partial charge on any atom is 0.254 e. The minimum absolute atomic E-state index is 0.0724. The maximum atomic E-state index is 12.4. The quantitative estimate of drug-likeness (QED) is 0.608. The van der Waals surface area contributed by atoms with Crippen LogP contribution in [-0.4, -0.2) is 34.1 Å². The van der Waals surface area contributed by atoms with Crippen LogP contribution in [0.3, 0.4) is 0 Å². The van der Waals surface area contributed by atoms with Gasteiger partial charge in [-0.05, 0) is 52.9 Å². The second-order valence-corrected chi connectivity index (χ2v) is 7.97. The van der Waals surface area contributed by atoms with Crippen molar-refractivity contribution in [3.8, 4) is 5.75 Å². The van der Waals surface area contributed by atoms with E-state index in [4.69, 9.17) is 11.6 Å². The van der Waals surface area contributed by atoms with Crippen LogP contribution in [0.15, 0.2) is 40.9 Å². The number of aromatic hydroxyl groups is 1. The molecule has 1 fully saturated rings. The predicted molar refractivity (Wildman–Crippen MR) is 99.8 cm³/mol. The molecule has 2 N–H and O–H groups in total. The van der Waals surface area contributed by atoms with E-state index in [0.717, 1.165) is 4.47 Å². The van der Waals surface area contributed by atoms with Gasteiger partial charge >= 0.3 is 0 Å². The molecule has 2 aromatic carbocycles. The first-order chi connectivity index (χ1) is 10.8. The molecule has 1 aliphatic rings. The Morgan fingerprint density at radius 2 is 1.96 bits per heavy atom. The maximum absolute atomic E-state index is 12.4. The third-order valence-electron chi connectivity index (χ3n) is 3.82. The van der Waals surface area contributed by atoms with E-state index in [0.29, 0.717) is 19.7 Å². The third kappa shape index (κ3) is 3.22. The van der Waals surface area contributed by atoms with Crippen LogP contribution in [0.25, 0.3) is 0 Å². The first-order valence-electron chi connectivity index (χ1n) is 6.76. The molecule has 0 atom stereocenters. The van der Waals surface area contributed by atoms with Gasteiger partial charge in [-0.15, -0.1) is 0 Å². The number of amides is 1. The van der Waals surface area contributed by atoms with Crippen molar-refractivity contribution in [3.05, 3.63) is 60.6 Å². The van der Waals surface area contributed by atoms with Gasteiger partial charge in [-0.2, -0.15) is 0 Å². The fraction of sp³-hybridized carbons (Fsp3) is 0.188. The van der Waals surface area contributed by atoms with Gasteiger partial charge in [-0.1, -0.05) is 33.6 Å². The molecule has 0 aromatic heterocycles. The number of rotatable bonds is 2. The first kappa shape index (κ1) is 17.0. The Morgan fingerprint density at radius 3 is 2.57 bits per heavy atom. The second-order valence-electron chi connectivity index (χ2n) is 5.48. The Morgan fingerprint density at radius 1 is 1.26 bits per heavy atom. The topological polar surface area (TPSA) is 60.8 Å². The molecule has 2 aromatic rings. The highest BCUT2D eigenvalue weighted by atomic mass is 127. The van der Waals surface area contributed by atoms with Gasteiger partial charge in [0.25, 0.3) is 5.91 Å². The number of nitrogens with zero attached hydrogens (tertiary/aromatic N) is 1. The van der Waals surface area contributed by atoms with Crippen molar-refractivity contribution in [2.24, 2.45) is 0 Å². The minimum Gasteiger partial charge on any atom is -0.507 e. The van der Waals surface area contributed by atoms with E-state index < -0.39 is 5.60 Å². The lowest BCUT2D eigenvalue weighted by Crippen LogP contribution is -2.61. The highest BCUT2D eigenvalue weighted by Gasteiger charge is 2.46. The van der Waals surface area contributed by atoms with Crippen molar-refractivity contribution in [3.63, 3.8) is 0 Å². The number of β-amino-alcohol motifs (C(OH)–C–C–N with tert-alkyl or cyclic N) is 1. The van der Waals surface area contributed by atoms with E-state index >= 15 is 0 Å². The molecule has 1 heterocycles. The highest BCUT2D eigenvalue weighted by molar-refractivity contribution is 14.1. The normalized spacial score (nSPS) is 16.1. The van der Waals surface area contributed by atoms with Crippen LogP contribution in [0.4, 0.5) is 0 Å². The van der Waals surface area contributed by atoms with Gasteiger partial charge in [0.1, 0.15) is 11.4 Å². The fourth-order valence-corrected chi connectivity index (χ4v) is 3.78. The van der Waals surface area contributed by atoms with Gasteiger partial charge < -0.3 is 15.1 Å². The van der Waals surface area contributed by atoms with Crippen LogP contribution in [0.5, 0.6) is 5.75 Å². The summed E-state index contributed by atoms with van der Waals surface area (Å²) in [6, 6.07) is 10.1. The van der Waals surface area contributed by atoms with Gasteiger partial charge in [0.2, 0.25) is 0 Å². The summed E-state index contributed by atoms with van der Waals surface area (Å²) in [5.41, 5.74) is -0.137.